The van der Waals surface area contributed by atoms with Crippen LogP contribution in [-0.2, 0) is 14.5 Å². The summed E-state index contributed by atoms with van der Waals surface area (Å²) in [7, 11) is -0.564. The summed E-state index contributed by atoms with van der Waals surface area (Å²) in [6.45, 7) is 1.93. The third-order valence-electron chi connectivity index (χ3n) is 5.69. The second-order valence-electron chi connectivity index (χ2n) is 8.67. The Hall–Kier alpha value is -2.78. The minimum Gasteiger partial charge on any atom is -0.488 e. The Morgan fingerprint density at radius 3 is 2.52 bits per heavy atom. The first-order chi connectivity index (χ1) is 15.7. The van der Waals surface area contributed by atoms with Crippen LogP contribution in [0.1, 0.15) is 31.2 Å². The molecule has 0 spiro atoms. The highest BCUT2D eigenvalue weighted by Crippen LogP contribution is 2.35. The Balaban J connectivity index is 1.65. The Bertz CT molecular complexity index is 1270. The van der Waals surface area contributed by atoms with Crippen LogP contribution >= 0.6 is 0 Å². The van der Waals surface area contributed by atoms with Gasteiger partial charge in [0, 0.05) is 40.8 Å². The zero-order chi connectivity index (χ0) is 23.6. The molecule has 0 bridgehead atoms. The van der Waals surface area contributed by atoms with Crippen molar-refractivity contribution in [3.63, 3.8) is 0 Å². The molecule has 1 N–H and O–H groups in total. The number of anilines is 2. The molecule has 1 aromatic heterocycles. The van der Waals surface area contributed by atoms with Crippen LogP contribution in [0.25, 0.3) is 10.9 Å². The summed E-state index contributed by atoms with van der Waals surface area (Å²) in [5.74, 6) is 0.666. The molecule has 0 atom stereocenters. The van der Waals surface area contributed by atoms with Crippen LogP contribution in [-0.4, -0.2) is 46.0 Å². The molecular weight excluding hydrogens is 443 g/mol. The smallest absolute Gasteiger partial charge is 0.146 e. The molecule has 33 heavy (non-hydrogen) atoms. The third kappa shape index (κ3) is 5.78. The molecule has 1 heterocycles. The SMILES string of the molecule is CO[C@H]1CC[C@H](Oc2cc(F)ccc2Nc2ncnc3cc(N=S(C)(C)=O)cc(C)c23)CC1. The van der Waals surface area contributed by atoms with Crippen molar-refractivity contribution in [2.45, 2.75) is 44.8 Å². The van der Waals surface area contributed by atoms with Gasteiger partial charge in [-0.05, 0) is 62.4 Å². The largest absolute Gasteiger partial charge is 0.488 e. The van der Waals surface area contributed by atoms with E-state index in [1.807, 2.05) is 13.0 Å². The minimum absolute atomic E-state index is 0.00439. The lowest BCUT2D eigenvalue weighted by atomic mass is 9.95. The van der Waals surface area contributed by atoms with Gasteiger partial charge < -0.3 is 14.8 Å². The van der Waals surface area contributed by atoms with Crippen molar-refractivity contribution in [3.05, 3.63) is 48.0 Å². The lowest BCUT2D eigenvalue weighted by Gasteiger charge is -2.28. The summed E-state index contributed by atoms with van der Waals surface area (Å²) in [5.41, 5.74) is 2.80. The number of ether oxygens (including phenoxy) is 2. The molecule has 7 nitrogen and oxygen atoms in total. The fourth-order valence-electron chi connectivity index (χ4n) is 4.16. The fraction of sp³-hybridized carbons (Fsp3) is 0.417. The monoisotopic (exact) mass is 472 g/mol. The van der Waals surface area contributed by atoms with E-state index in [4.69, 9.17) is 9.47 Å². The van der Waals surface area contributed by atoms with Gasteiger partial charge in [0.15, 0.2) is 0 Å². The molecule has 2 aromatic carbocycles. The van der Waals surface area contributed by atoms with Crippen LogP contribution in [0, 0.1) is 12.7 Å². The lowest BCUT2D eigenvalue weighted by Crippen LogP contribution is -2.27. The first-order valence-corrected chi connectivity index (χ1v) is 13.2. The molecule has 1 fully saturated rings. The van der Waals surface area contributed by atoms with E-state index in [9.17, 15) is 8.60 Å². The highest BCUT2D eigenvalue weighted by atomic mass is 32.2. The normalized spacial score (nSPS) is 18.8. The molecule has 176 valence electrons. The van der Waals surface area contributed by atoms with Crippen molar-refractivity contribution < 1.29 is 18.1 Å². The first kappa shape index (κ1) is 23.4. The fourth-order valence-corrected chi connectivity index (χ4v) is 4.78. The maximum absolute atomic E-state index is 14.1. The maximum Gasteiger partial charge on any atom is 0.146 e. The standard InChI is InChI=1S/C24H29FN4O3S/c1-15-11-17(29-33(3,4)30)13-21-23(15)24(27-14-26-21)28-20-10-5-16(25)12-22(20)32-19-8-6-18(31-2)7-9-19/h5,10-14,18-19H,6-9H2,1-4H3,(H,26,27,28)/t18-,19-. The van der Waals surface area contributed by atoms with E-state index in [-0.39, 0.29) is 18.0 Å². The van der Waals surface area contributed by atoms with E-state index in [1.54, 1.807) is 31.8 Å². The van der Waals surface area contributed by atoms with E-state index in [0.29, 0.717) is 28.5 Å². The Labute approximate surface area is 193 Å². The number of rotatable bonds is 6. The van der Waals surface area contributed by atoms with Crippen molar-refractivity contribution in [1.82, 2.24) is 9.97 Å². The summed E-state index contributed by atoms with van der Waals surface area (Å²) in [6, 6.07) is 8.10. The summed E-state index contributed by atoms with van der Waals surface area (Å²) < 4.78 is 42.1. The van der Waals surface area contributed by atoms with Gasteiger partial charge in [-0.25, -0.2) is 18.6 Å². The quantitative estimate of drug-likeness (QED) is 0.509. The number of fused-ring (bicyclic) bond motifs is 1. The number of methoxy groups -OCH3 is 1. The van der Waals surface area contributed by atoms with E-state index in [2.05, 4.69) is 19.6 Å². The number of benzene rings is 2. The van der Waals surface area contributed by atoms with E-state index in [0.717, 1.165) is 36.6 Å². The molecule has 0 radical (unpaired) electrons. The minimum atomic E-state index is -2.29. The van der Waals surface area contributed by atoms with Gasteiger partial charge in [0.25, 0.3) is 0 Å². The molecule has 0 unspecified atom stereocenters. The van der Waals surface area contributed by atoms with Crippen molar-refractivity contribution in [3.8, 4) is 5.75 Å². The van der Waals surface area contributed by atoms with Crippen LogP contribution < -0.4 is 10.1 Å². The molecule has 0 amide bonds. The third-order valence-corrected chi connectivity index (χ3v) is 6.34. The molecule has 3 aromatic rings. The van der Waals surface area contributed by atoms with Gasteiger partial charge in [0.05, 0.1) is 29.1 Å². The van der Waals surface area contributed by atoms with Crippen molar-refractivity contribution in [2.75, 3.05) is 24.9 Å². The Morgan fingerprint density at radius 2 is 1.82 bits per heavy atom. The predicted octanol–water partition coefficient (Wildman–Crippen LogP) is 5.52. The highest BCUT2D eigenvalue weighted by Gasteiger charge is 2.23. The number of nitrogens with one attached hydrogen (secondary N) is 1. The van der Waals surface area contributed by atoms with E-state index < -0.39 is 9.73 Å². The lowest BCUT2D eigenvalue weighted by molar-refractivity contribution is 0.0329. The van der Waals surface area contributed by atoms with Gasteiger partial charge in [0.1, 0.15) is 23.7 Å². The summed E-state index contributed by atoms with van der Waals surface area (Å²) in [5, 5.41) is 4.12. The summed E-state index contributed by atoms with van der Waals surface area (Å²) in [6.07, 6.45) is 8.46. The number of aryl methyl sites for hydroxylation is 1. The van der Waals surface area contributed by atoms with Gasteiger partial charge in [-0.15, -0.1) is 0 Å². The molecule has 4 rings (SSSR count). The van der Waals surface area contributed by atoms with Gasteiger partial charge in [-0.3, -0.25) is 0 Å². The van der Waals surface area contributed by atoms with Crippen molar-refractivity contribution >= 4 is 37.8 Å². The second kappa shape index (κ2) is 9.61. The summed E-state index contributed by atoms with van der Waals surface area (Å²) >= 11 is 0. The van der Waals surface area contributed by atoms with Crippen LogP contribution in [0.4, 0.5) is 21.6 Å². The van der Waals surface area contributed by atoms with Gasteiger partial charge in [0.2, 0.25) is 0 Å². The second-order valence-corrected chi connectivity index (χ2v) is 11.2. The topological polar surface area (TPSA) is 85.7 Å². The first-order valence-electron chi connectivity index (χ1n) is 10.9. The molecule has 0 aliphatic heterocycles. The average Bonchev–Trinajstić information content (AvgIpc) is 2.75. The molecule has 9 heteroatoms. The van der Waals surface area contributed by atoms with E-state index in [1.165, 1.54) is 18.5 Å². The molecular formula is C24H29FN4O3S. The average molecular weight is 473 g/mol. The zero-order valence-corrected chi connectivity index (χ0v) is 20.1. The number of halogens is 1. The number of hydrogen-bond donors (Lipinski definition) is 1. The van der Waals surface area contributed by atoms with Crippen LogP contribution in [0.5, 0.6) is 5.75 Å². The molecule has 0 saturated heterocycles. The highest BCUT2D eigenvalue weighted by molar-refractivity contribution is 7.92. The maximum atomic E-state index is 14.1. The number of hydrogen-bond acceptors (Lipinski definition) is 7. The number of aromatic nitrogens is 2. The Kier molecular flexibility index (Phi) is 6.81. The van der Waals surface area contributed by atoms with Crippen LogP contribution in [0.15, 0.2) is 41.0 Å². The van der Waals surface area contributed by atoms with Gasteiger partial charge >= 0.3 is 0 Å². The van der Waals surface area contributed by atoms with Crippen molar-refractivity contribution in [1.29, 1.82) is 0 Å². The van der Waals surface area contributed by atoms with Crippen molar-refractivity contribution in [2.24, 2.45) is 4.36 Å². The molecule has 1 aliphatic carbocycles. The van der Waals surface area contributed by atoms with Crippen LogP contribution in [0.3, 0.4) is 0 Å². The zero-order valence-electron chi connectivity index (χ0n) is 19.3. The van der Waals surface area contributed by atoms with E-state index >= 15 is 0 Å². The summed E-state index contributed by atoms with van der Waals surface area (Å²) in [4.78, 5) is 8.80. The van der Waals surface area contributed by atoms with Crippen LogP contribution in [0.2, 0.25) is 0 Å². The van der Waals surface area contributed by atoms with Gasteiger partial charge in [-0.1, -0.05) is 0 Å². The van der Waals surface area contributed by atoms with Gasteiger partial charge in [-0.2, -0.15) is 4.36 Å². The predicted molar refractivity (Wildman–Crippen MR) is 130 cm³/mol. The number of nitrogens with zero attached hydrogens (tertiary/aromatic N) is 3. The molecule has 1 saturated carbocycles. The Morgan fingerprint density at radius 1 is 1.09 bits per heavy atom. The molecule has 1 aliphatic rings.